The molecule has 0 radical (unpaired) electrons. The Hall–Kier alpha value is -1.51. The number of methoxy groups -OCH3 is 1. The number of carbonyl (C=O) groups excluding carboxylic acids is 1. The number of allylic oxidation sites excluding steroid dienone is 6. The van der Waals surface area contributed by atoms with Crippen molar-refractivity contribution in [3.63, 3.8) is 0 Å². The van der Waals surface area contributed by atoms with Gasteiger partial charge in [-0.3, -0.25) is 4.79 Å². The van der Waals surface area contributed by atoms with Gasteiger partial charge in [-0.25, -0.2) is 0 Å². The molecule has 1 heterocycles. The highest BCUT2D eigenvalue weighted by atomic mass is 16.6. The van der Waals surface area contributed by atoms with Crippen LogP contribution < -0.4 is 0 Å². The summed E-state index contributed by atoms with van der Waals surface area (Å²) in [6, 6.07) is 0. The van der Waals surface area contributed by atoms with E-state index >= 15 is 0 Å². The highest BCUT2D eigenvalue weighted by Gasteiger charge is 2.53. The first-order valence-corrected chi connectivity index (χ1v) is 10.3. The molecular formula is C23H32O3. The molecule has 0 aromatic rings. The maximum absolute atomic E-state index is 11.7. The summed E-state index contributed by atoms with van der Waals surface area (Å²) in [5.74, 6) is 2.24. The summed E-state index contributed by atoms with van der Waals surface area (Å²) >= 11 is 0. The van der Waals surface area contributed by atoms with E-state index in [9.17, 15) is 4.79 Å². The van der Waals surface area contributed by atoms with Gasteiger partial charge in [-0.15, -0.1) is 0 Å². The number of carbonyl (C=O) groups is 1. The third-order valence-corrected chi connectivity index (χ3v) is 7.87. The number of ether oxygens (including phenoxy) is 2. The Morgan fingerprint density at radius 2 is 2.08 bits per heavy atom. The van der Waals surface area contributed by atoms with E-state index in [0.717, 1.165) is 44.3 Å². The second kappa shape index (κ2) is 6.28. The van der Waals surface area contributed by atoms with Crippen molar-refractivity contribution in [1.29, 1.82) is 0 Å². The zero-order chi connectivity index (χ0) is 18.5. The second-order valence-electron chi connectivity index (χ2n) is 9.05. The molecule has 1 fully saturated rings. The molecule has 4 rings (SSSR count). The monoisotopic (exact) mass is 356 g/mol. The van der Waals surface area contributed by atoms with Crippen LogP contribution in [0.15, 0.2) is 35.1 Å². The van der Waals surface area contributed by atoms with E-state index < -0.39 is 0 Å². The van der Waals surface area contributed by atoms with Crippen molar-refractivity contribution in [3.8, 4) is 0 Å². The topological polar surface area (TPSA) is 35.5 Å². The van der Waals surface area contributed by atoms with E-state index in [1.807, 2.05) is 0 Å². The van der Waals surface area contributed by atoms with Crippen LogP contribution in [-0.4, -0.2) is 19.2 Å². The van der Waals surface area contributed by atoms with Crippen LogP contribution in [-0.2, 0) is 14.3 Å². The lowest BCUT2D eigenvalue weighted by Gasteiger charge is -2.54. The maximum Gasteiger partial charge on any atom is 0.306 e. The first kappa shape index (κ1) is 17.9. The summed E-state index contributed by atoms with van der Waals surface area (Å²) in [6.07, 6.45) is 14.2. The molecule has 0 saturated carbocycles. The van der Waals surface area contributed by atoms with Gasteiger partial charge in [0.25, 0.3) is 0 Å². The summed E-state index contributed by atoms with van der Waals surface area (Å²) in [5.41, 5.74) is 3.29. The normalized spacial score (nSPS) is 42.1. The van der Waals surface area contributed by atoms with E-state index in [-0.39, 0.29) is 22.9 Å². The van der Waals surface area contributed by atoms with Crippen molar-refractivity contribution < 1.29 is 14.3 Å². The molecule has 142 valence electrons. The van der Waals surface area contributed by atoms with Crippen LogP contribution >= 0.6 is 0 Å². The lowest BCUT2D eigenvalue weighted by Crippen LogP contribution is -2.48. The predicted molar refractivity (Wildman–Crippen MR) is 102 cm³/mol. The Labute approximate surface area is 157 Å². The molecule has 3 heteroatoms. The van der Waals surface area contributed by atoms with Gasteiger partial charge >= 0.3 is 5.97 Å². The predicted octanol–water partition coefficient (Wildman–Crippen LogP) is 5.33. The molecule has 3 nitrogen and oxygen atoms in total. The Balaban J connectivity index is 1.70. The van der Waals surface area contributed by atoms with Crippen LogP contribution in [0.2, 0.25) is 0 Å². The lowest BCUT2D eigenvalue weighted by molar-refractivity contribution is -0.149. The largest absolute Gasteiger partial charge is 0.501 e. The first-order valence-electron chi connectivity index (χ1n) is 10.3. The summed E-state index contributed by atoms with van der Waals surface area (Å²) in [5, 5.41) is 0. The average molecular weight is 357 g/mol. The van der Waals surface area contributed by atoms with E-state index in [1.165, 1.54) is 5.57 Å². The Bertz CT molecular complexity index is 700. The van der Waals surface area contributed by atoms with Gasteiger partial charge in [-0.1, -0.05) is 44.9 Å². The van der Waals surface area contributed by atoms with Crippen LogP contribution in [0.25, 0.3) is 0 Å². The van der Waals surface area contributed by atoms with Gasteiger partial charge in [0.2, 0.25) is 0 Å². The Morgan fingerprint density at radius 1 is 1.27 bits per heavy atom. The smallest absolute Gasteiger partial charge is 0.306 e. The molecule has 3 unspecified atom stereocenters. The molecule has 4 aliphatic rings. The second-order valence-corrected chi connectivity index (χ2v) is 9.05. The van der Waals surface area contributed by atoms with Gasteiger partial charge in [0.05, 0.1) is 12.9 Å². The van der Waals surface area contributed by atoms with Gasteiger partial charge in [0.1, 0.15) is 6.10 Å². The van der Waals surface area contributed by atoms with Crippen molar-refractivity contribution in [1.82, 2.24) is 0 Å². The quantitative estimate of drug-likeness (QED) is 0.506. The fourth-order valence-corrected chi connectivity index (χ4v) is 6.28. The highest BCUT2D eigenvalue weighted by Crippen LogP contribution is 2.60. The average Bonchev–Trinajstić information content (AvgIpc) is 3.08. The molecule has 0 aromatic heterocycles. The zero-order valence-electron chi connectivity index (χ0n) is 16.6. The molecule has 0 aromatic carbocycles. The van der Waals surface area contributed by atoms with Crippen LogP contribution in [0, 0.1) is 22.7 Å². The molecule has 0 bridgehead atoms. The standard InChI is InChI=1S/C23H32O3/c1-5-18-17-7-6-15-14-16(25-4)10-12-22(15,2)19(17)11-13-23(18,3)20-8-9-21(24)26-20/h6,11,14,17-18,20H,5,7-10,12-13H2,1-4H3/t17?,18?,20?,22-,23-/m0/s1. The number of hydrogen-bond donors (Lipinski definition) is 0. The number of rotatable bonds is 3. The minimum Gasteiger partial charge on any atom is -0.501 e. The van der Waals surface area contributed by atoms with Crippen molar-refractivity contribution in [3.05, 3.63) is 35.1 Å². The third-order valence-electron chi connectivity index (χ3n) is 7.87. The SMILES string of the molecule is CCC1C2CC=C3C=C(OC)CC[C@]3(C)C2=CC[C@]1(C)C1CCC(=O)O1. The van der Waals surface area contributed by atoms with E-state index in [2.05, 4.69) is 39.0 Å². The Kier molecular flexibility index (Phi) is 4.32. The molecule has 5 atom stereocenters. The van der Waals surface area contributed by atoms with Crippen molar-refractivity contribution >= 4 is 5.97 Å². The molecule has 0 N–H and O–H groups in total. The number of fused-ring (bicyclic) bond motifs is 3. The van der Waals surface area contributed by atoms with Gasteiger partial charge < -0.3 is 9.47 Å². The summed E-state index contributed by atoms with van der Waals surface area (Å²) in [6.45, 7) is 7.10. The molecule has 1 aliphatic heterocycles. The fraction of sp³-hybridized carbons (Fsp3) is 0.696. The summed E-state index contributed by atoms with van der Waals surface area (Å²) in [4.78, 5) is 11.7. The minimum absolute atomic E-state index is 0.0110. The number of hydrogen-bond acceptors (Lipinski definition) is 3. The first-order chi connectivity index (χ1) is 12.4. The van der Waals surface area contributed by atoms with Crippen LogP contribution in [0.1, 0.15) is 65.7 Å². The van der Waals surface area contributed by atoms with E-state index in [1.54, 1.807) is 12.7 Å². The molecule has 1 saturated heterocycles. The minimum atomic E-state index is -0.0110. The summed E-state index contributed by atoms with van der Waals surface area (Å²) < 4.78 is 11.3. The van der Waals surface area contributed by atoms with Gasteiger partial charge in [0, 0.05) is 23.7 Å². The van der Waals surface area contributed by atoms with Crippen LogP contribution in [0.4, 0.5) is 0 Å². The molecule has 0 spiro atoms. The highest BCUT2D eigenvalue weighted by molar-refractivity contribution is 5.71. The number of esters is 1. The molecular weight excluding hydrogens is 324 g/mol. The molecule has 26 heavy (non-hydrogen) atoms. The van der Waals surface area contributed by atoms with E-state index in [0.29, 0.717) is 18.3 Å². The maximum atomic E-state index is 11.7. The van der Waals surface area contributed by atoms with Crippen LogP contribution in [0.3, 0.4) is 0 Å². The zero-order valence-corrected chi connectivity index (χ0v) is 16.6. The fourth-order valence-electron chi connectivity index (χ4n) is 6.28. The van der Waals surface area contributed by atoms with Crippen molar-refractivity contribution in [2.45, 2.75) is 71.8 Å². The summed E-state index contributed by atoms with van der Waals surface area (Å²) in [7, 11) is 1.78. The van der Waals surface area contributed by atoms with Gasteiger partial charge in [0.15, 0.2) is 0 Å². The van der Waals surface area contributed by atoms with Gasteiger partial charge in [-0.2, -0.15) is 0 Å². The molecule has 3 aliphatic carbocycles. The van der Waals surface area contributed by atoms with Crippen LogP contribution in [0.5, 0.6) is 0 Å². The van der Waals surface area contributed by atoms with Crippen molar-refractivity contribution in [2.24, 2.45) is 22.7 Å². The van der Waals surface area contributed by atoms with Gasteiger partial charge in [-0.05, 0) is 49.2 Å². The lowest BCUT2D eigenvalue weighted by atomic mass is 9.51. The van der Waals surface area contributed by atoms with E-state index in [4.69, 9.17) is 9.47 Å². The molecule has 0 amide bonds. The third kappa shape index (κ3) is 2.50. The number of cyclic esters (lactones) is 1. The van der Waals surface area contributed by atoms with Crippen molar-refractivity contribution in [2.75, 3.05) is 7.11 Å². The Morgan fingerprint density at radius 3 is 2.73 bits per heavy atom.